The van der Waals surface area contributed by atoms with Gasteiger partial charge in [-0.2, -0.15) is 0 Å². The van der Waals surface area contributed by atoms with Gasteiger partial charge in [-0.05, 0) is 71.3 Å². The molecule has 0 saturated heterocycles. The van der Waals surface area contributed by atoms with E-state index < -0.39 is 5.97 Å². The molecule has 2 aromatic rings. The zero-order valence-electron chi connectivity index (χ0n) is 11.8. The Hall–Kier alpha value is -2.55. The summed E-state index contributed by atoms with van der Waals surface area (Å²) in [5.41, 5.74) is 6.20. The van der Waals surface area contributed by atoms with Gasteiger partial charge in [0.1, 0.15) is 5.75 Å². The highest BCUT2D eigenvalue weighted by Gasteiger charge is 2.22. The van der Waals surface area contributed by atoms with E-state index >= 15 is 0 Å². The summed E-state index contributed by atoms with van der Waals surface area (Å²) >= 11 is 0. The highest BCUT2D eigenvalue weighted by atomic mass is 16.4. The zero-order valence-corrected chi connectivity index (χ0v) is 11.8. The first-order valence-electron chi connectivity index (χ1n) is 6.87. The molecular weight excluding hydrogens is 264 g/mol. The van der Waals surface area contributed by atoms with Crippen molar-refractivity contribution in [2.75, 3.05) is 0 Å². The standard InChI is InChI=1S/C18H16O3/c1-3-11-8-12(18(20)21)9-16-14(11)5-4-13-10(2)17(19)7-6-15(13)16/h3,6-9,19H,1,4-5H2,2H3,(H,20,21). The number of carbonyl (C=O) groups is 1. The first-order valence-corrected chi connectivity index (χ1v) is 6.87. The van der Waals surface area contributed by atoms with E-state index in [2.05, 4.69) is 6.58 Å². The van der Waals surface area contributed by atoms with Gasteiger partial charge >= 0.3 is 5.97 Å². The predicted molar refractivity (Wildman–Crippen MR) is 82.7 cm³/mol. The Bertz CT molecular complexity index is 773. The van der Waals surface area contributed by atoms with Crippen molar-refractivity contribution in [2.24, 2.45) is 0 Å². The number of carboxylic acids is 1. The van der Waals surface area contributed by atoms with Crippen LogP contribution in [-0.2, 0) is 12.8 Å². The molecule has 1 aliphatic rings. The molecular formula is C18H16O3. The zero-order chi connectivity index (χ0) is 15.1. The number of fused-ring (bicyclic) bond motifs is 3. The van der Waals surface area contributed by atoms with Crippen molar-refractivity contribution >= 4 is 12.0 Å². The molecule has 106 valence electrons. The maximum absolute atomic E-state index is 11.3. The van der Waals surface area contributed by atoms with Crippen LogP contribution in [0.1, 0.15) is 32.6 Å². The molecule has 0 radical (unpaired) electrons. The summed E-state index contributed by atoms with van der Waals surface area (Å²) < 4.78 is 0. The monoisotopic (exact) mass is 280 g/mol. The molecule has 3 nitrogen and oxygen atoms in total. The molecule has 2 aromatic carbocycles. The maximum atomic E-state index is 11.3. The lowest BCUT2D eigenvalue weighted by Gasteiger charge is -2.24. The van der Waals surface area contributed by atoms with Crippen LogP contribution in [0.15, 0.2) is 30.8 Å². The third kappa shape index (κ3) is 2.02. The van der Waals surface area contributed by atoms with Crippen LogP contribution in [-0.4, -0.2) is 16.2 Å². The van der Waals surface area contributed by atoms with Crippen molar-refractivity contribution in [1.82, 2.24) is 0 Å². The van der Waals surface area contributed by atoms with Crippen LogP contribution in [0.5, 0.6) is 5.75 Å². The molecule has 0 heterocycles. The van der Waals surface area contributed by atoms with Gasteiger partial charge in [-0.15, -0.1) is 0 Å². The number of hydrogen-bond acceptors (Lipinski definition) is 2. The average molecular weight is 280 g/mol. The minimum atomic E-state index is -0.941. The maximum Gasteiger partial charge on any atom is 0.335 e. The van der Waals surface area contributed by atoms with Crippen LogP contribution in [0.25, 0.3) is 17.2 Å². The molecule has 21 heavy (non-hydrogen) atoms. The van der Waals surface area contributed by atoms with Gasteiger partial charge in [0, 0.05) is 0 Å². The summed E-state index contributed by atoms with van der Waals surface area (Å²) in [6.45, 7) is 5.69. The van der Waals surface area contributed by atoms with Crippen molar-refractivity contribution in [3.8, 4) is 16.9 Å². The molecule has 0 spiro atoms. The number of benzene rings is 2. The second-order valence-electron chi connectivity index (χ2n) is 5.34. The molecule has 3 heteroatoms. The van der Waals surface area contributed by atoms with Gasteiger partial charge in [-0.1, -0.05) is 18.7 Å². The Morgan fingerprint density at radius 2 is 1.90 bits per heavy atom. The summed E-state index contributed by atoms with van der Waals surface area (Å²) in [5, 5.41) is 19.1. The smallest absolute Gasteiger partial charge is 0.335 e. The van der Waals surface area contributed by atoms with Crippen LogP contribution in [0.3, 0.4) is 0 Å². The average Bonchev–Trinajstić information content (AvgIpc) is 2.49. The number of aromatic hydroxyl groups is 1. The highest BCUT2D eigenvalue weighted by Crippen LogP contribution is 2.40. The van der Waals surface area contributed by atoms with Crippen molar-refractivity contribution in [2.45, 2.75) is 19.8 Å². The molecule has 0 aliphatic heterocycles. The van der Waals surface area contributed by atoms with Gasteiger partial charge in [0.05, 0.1) is 5.56 Å². The van der Waals surface area contributed by atoms with Gasteiger partial charge in [0.15, 0.2) is 0 Å². The minimum Gasteiger partial charge on any atom is -0.508 e. The quantitative estimate of drug-likeness (QED) is 0.879. The summed E-state index contributed by atoms with van der Waals surface area (Å²) in [6, 6.07) is 6.93. The van der Waals surface area contributed by atoms with Crippen molar-refractivity contribution in [3.63, 3.8) is 0 Å². The summed E-state index contributed by atoms with van der Waals surface area (Å²) in [6.07, 6.45) is 3.38. The molecule has 2 N–H and O–H groups in total. The Morgan fingerprint density at radius 1 is 1.19 bits per heavy atom. The number of hydrogen-bond donors (Lipinski definition) is 2. The topological polar surface area (TPSA) is 57.5 Å². The highest BCUT2D eigenvalue weighted by molar-refractivity contribution is 5.92. The minimum absolute atomic E-state index is 0.266. The molecule has 0 saturated carbocycles. The van der Waals surface area contributed by atoms with Crippen molar-refractivity contribution < 1.29 is 15.0 Å². The molecule has 0 bridgehead atoms. The fourth-order valence-electron chi connectivity index (χ4n) is 3.09. The van der Waals surface area contributed by atoms with E-state index in [1.165, 1.54) is 0 Å². The van der Waals surface area contributed by atoms with E-state index in [1.54, 1.807) is 24.3 Å². The molecule has 1 aliphatic carbocycles. The van der Waals surface area contributed by atoms with Crippen LogP contribution in [0.2, 0.25) is 0 Å². The second kappa shape index (κ2) is 4.77. The molecule has 0 fully saturated rings. The van der Waals surface area contributed by atoms with E-state index in [0.717, 1.165) is 46.2 Å². The van der Waals surface area contributed by atoms with E-state index in [9.17, 15) is 15.0 Å². The Kier molecular flexibility index (Phi) is 3.05. The number of carboxylic acid groups (broad SMARTS) is 1. The molecule has 0 unspecified atom stereocenters. The van der Waals surface area contributed by atoms with E-state index in [-0.39, 0.29) is 11.3 Å². The Balaban J connectivity index is 2.33. The first-order chi connectivity index (χ1) is 10.0. The number of phenolic OH excluding ortho intramolecular Hbond substituents is 1. The lowest BCUT2D eigenvalue weighted by atomic mass is 9.80. The number of phenols is 1. The normalized spacial score (nSPS) is 12.4. The molecule has 0 aromatic heterocycles. The van der Waals surface area contributed by atoms with Crippen LogP contribution >= 0.6 is 0 Å². The predicted octanol–water partition coefficient (Wildman–Crippen LogP) is 3.81. The van der Waals surface area contributed by atoms with Crippen LogP contribution < -0.4 is 0 Å². The van der Waals surface area contributed by atoms with Crippen molar-refractivity contribution in [3.05, 3.63) is 58.7 Å². The van der Waals surface area contributed by atoms with Crippen molar-refractivity contribution in [1.29, 1.82) is 0 Å². The van der Waals surface area contributed by atoms with Crippen LogP contribution in [0.4, 0.5) is 0 Å². The molecule has 3 rings (SSSR count). The summed E-state index contributed by atoms with van der Waals surface area (Å²) in [4.78, 5) is 11.3. The number of aromatic carboxylic acids is 1. The second-order valence-corrected chi connectivity index (χ2v) is 5.34. The summed E-state index contributed by atoms with van der Waals surface area (Å²) in [5.74, 6) is -0.654. The van der Waals surface area contributed by atoms with Gasteiger partial charge in [-0.3, -0.25) is 0 Å². The van der Waals surface area contributed by atoms with E-state index in [4.69, 9.17) is 0 Å². The fraction of sp³-hybridized carbons (Fsp3) is 0.167. The SMILES string of the molecule is C=Cc1cc(C(=O)O)cc2c1CCc1c-2ccc(O)c1C. The fourth-order valence-corrected chi connectivity index (χ4v) is 3.09. The van der Waals surface area contributed by atoms with Gasteiger partial charge in [0.2, 0.25) is 0 Å². The lowest BCUT2D eigenvalue weighted by molar-refractivity contribution is 0.0697. The van der Waals surface area contributed by atoms with Gasteiger partial charge in [-0.25, -0.2) is 4.79 Å². The van der Waals surface area contributed by atoms with E-state index in [1.807, 2.05) is 13.0 Å². The third-order valence-electron chi connectivity index (χ3n) is 4.24. The Labute approximate surface area is 123 Å². The van der Waals surface area contributed by atoms with Crippen LogP contribution in [0, 0.1) is 6.92 Å². The Morgan fingerprint density at radius 3 is 2.57 bits per heavy atom. The summed E-state index contributed by atoms with van der Waals surface area (Å²) in [7, 11) is 0. The van der Waals surface area contributed by atoms with E-state index in [0.29, 0.717) is 0 Å². The molecule has 0 amide bonds. The number of rotatable bonds is 2. The lowest BCUT2D eigenvalue weighted by Crippen LogP contribution is -2.09. The largest absolute Gasteiger partial charge is 0.508 e. The van der Waals surface area contributed by atoms with Gasteiger partial charge < -0.3 is 10.2 Å². The third-order valence-corrected chi connectivity index (χ3v) is 4.24. The first kappa shape index (κ1) is 13.4. The molecule has 0 atom stereocenters. The van der Waals surface area contributed by atoms with Gasteiger partial charge in [0.25, 0.3) is 0 Å².